The minimum atomic E-state index is -0.175. The van der Waals surface area contributed by atoms with Crippen molar-refractivity contribution in [2.24, 2.45) is 0 Å². The first kappa shape index (κ1) is 15.9. The molecule has 0 heterocycles. The van der Waals surface area contributed by atoms with Gasteiger partial charge in [0.05, 0.1) is 13.7 Å². The van der Waals surface area contributed by atoms with Gasteiger partial charge in [0.2, 0.25) is 0 Å². The van der Waals surface area contributed by atoms with Crippen molar-refractivity contribution >= 4 is 11.6 Å². The zero-order chi connectivity index (χ0) is 15.9. The lowest BCUT2D eigenvalue weighted by atomic mass is 10.1. The number of anilines is 1. The Morgan fingerprint density at radius 3 is 2.36 bits per heavy atom. The smallest absolute Gasteiger partial charge is 0.255 e. The zero-order valence-electron chi connectivity index (χ0n) is 13.2. The number of carbonyl (C=O) groups excluding carboxylic acids is 1. The molecule has 2 aromatic carbocycles. The lowest BCUT2D eigenvalue weighted by molar-refractivity contribution is 0.102. The van der Waals surface area contributed by atoms with Crippen molar-refractivity contribution in [3.05, 3.63) is 53.6 Å². The minimum Gasteiger partial charge on any atom is -0.493 e. The summed E-state index contributed by atoms with van der Waals surface area (Å²) in [7, 11) is 1.56. The lowest BCUT2D eigenvalue weighted by Crippen LogP contribution is -2.12. The van der Waals surface area contributed by atoms with Gasteiger partial charge >= 0.3 is 0 Å². The fraction of sp³-hybridized carbons (Fsp3) is 0.278. The normalized spacial score (nSPS) is 10.1. The van der Waals surface area contributed by atoms with Crippen LogP contribution >= 0.6 is 0 Å². The van der Waals surface area contributed by atoms with Crippen LogP contribution in [-0.2, 0) is 6.42 Å². The van der Waals surface area contributed by atoms with Crippen molar-refractivity contribution in [3.63, 3.8) is 0 Å². The first-order valence-corrected chi connectivity index (χ1v) is 7.39. The van der Waals surface area contributed by atoms with Crippen LogP contribution in [0, 0.1) is 0 Å². The average molecular weight is 299 g/mol. The van der Waals surface area contributed by atoms with E-state index in [1.807, 2.05) is 31.2 Å². The molecular weight excluding hydrogens is 278 g/mol. The summed E-state index contributed by atoms with van der Waals surface area (Å²) in [6.45, 7) is 4.55. The molecule has 0 fully saturated rings. The number of methoxy groups -OCH3 is 1. The largest absolute Gasteiger partial charge is 0.493 e. The number of ether oxygens (including phenoxy) is 2. The Hall–Kier alpha value is -2.49. The Morgan fingerprint density at radius 2 is 1.77 bits per heavy atom. The van der Waals surface area contributed by atoms with E-state index in [1.54, 1.807) is 25.3 Å². The molecule has 0 aromatic heterocycles. The van der Waals surface area contributed by atoms with Gasteiger partial charge in [0.25, 0.3) is 5.91 Å². The van der Waals surface area contributed by atoms with Crippen LogP contribution in [0.1, 0.15) is 29.8 Å². The molecule has 1 N–H and O–H groups in total. The van der Waals surface area contributed by atoms with Crippen molar-refractivity contribution in [2.75, 3.05) is 19.0 Å². The summed E-state index contributed by atoms with van der Waals surface area (Å²) in [5, 5.41) is 2.88. The highest BCUT2D eigenvalue weighted by Crippen LogP contribution is 2.28. The van der Waals surface area contributed by atoms with E-state index in [-0.39, 0.29) is 5.91 Å². The van der Waals surface area contributed by atoms with Crippen LogP contribution in [0.2, 0.25) is 0 Å². The number of carbonyl (C=O) groups is 1. The zero-order valence-corrected chi connectivity index (χ0v) is 13.2. The van der Waals surface area contributed by atoms with E-state index in [0.717, 1.165) is 12.1 Å². The van der Waals surface area contributed by atoms with Crippen molar-refractivity contribution in [1.29, 1.82) is 0 Å². The standard InChI is InChI=1S/C18H21NO3/c1-4-13-6-9-15(10-7-13)19-18(20)14-8-11-16(22-5-2)17(12-14)21-3/h6-12H,4-5H2,1-3H3,(H,19,20). The number of rotatable bonds is 6. The highest BCUT2D eigenvalue weighted by atomic mass is 16.5. The van der Waals surface area contributed by atoms with E-state index in [1.165, 1.54) is 5.56 Å². The highest BCUT2D eigenvalue weighted by molar-refractivity contribution is 6.04. The van der Waals surface area contributed by atoms with Crippen LogP contribution in [0.25, 0.3) is 0 Å². The second-order valence-corrected chi connectivity index (χ2v) is 4.80. The molecule has 0 saturated heterocycles. The van der Waals surface area contributed by atoms with E-state index in [0.29, 0.717) is 23.7 Å². The van der Waals surface area contributed by atoms with Gasteiger partial charge < -0.3 is 14.8 Å². The fourth-order valence-electron chi connectivity index (χ4n) is 2.11. The number of hydrogen-bond acceptors (Lipinski definition) is 3. The molecule has 2 aromatic rings. The van der Waals surface area contributed by atoms with Crippen LogP contribution in [0.5, 0.6) is 11.5 Å². The molecule has 22 heavy (non-hydrogen) atoms. The summed E-state index contributed by atoms with van der Waals surface area (Å²) in [6.07, 6.45) is 0.977. The Balaban J connectivity index is 2.14. The Bertz CT molecular complexity index is 635. The average Bonchev–Trinajstić information content (AvgIpc) is 2.56. The monoisotopic (exact) mass is 299 g/mol. The van der Waals surface area contributed by atoms with E-state index in [9.17, 15) is 4.79 Å². The molecule has 0 unspecified atom stereocenters. The van der Waals surface area contributed by atoms with Crippen molar-refractivity contribution in [3.8, 4) is 11.5 Å². The second-order valence-electron chi connectivity index (χ2n) is 4.80. The van der Waals surface area contributed by atoms with Crippen LogP contribution in [0.4, 0.5) is 5.69 Å². The Morgan fingerprint density at radius 1 is 1.05 bits per heavy atom. The van der Waals surface area contributed by atoms with Crippen LogP contribution in [0.3, 0.4) is 0 Å². The summed E-state index contributed by atoms with van der Waals surface area (Å²) in [4.78, 5) is 12.3. The molecular formula is C18H21NO3. The third-order valence-corrected chi connectivity index (χ3v) is 3.35. The number of amides is 1. The van der Waals surface area contributed by atoms with Gasteiger partial charge in [0.15, 0.2) is 11.5 Å². The van der Waals surface area contributed by atoms with Gasteiger partial charge in [0.1, 0.15) is 0 Å². The molecule has 4 heteroatoms. The van der Waals surface area contributed by atoms with Crippen LogP contribution in [0.15, 0.2) is 42.5 Å². The number of benzene rings is 2. The molecule has 4 nitrogen and oxygen atoms in total. The molecule has 2 rings (SSSR count). The molecule has 0 spiro atoms. The molecule has 0 saturated carbocycles. The number of aryl methyl sites for hydroxylation is 1. The van der Waals surface area contributed by atoms with Gasteiger partial charge in [-0.15, -0.1) is 0 Å². The van der Waals surface area contributed by atoms with Gasteiger partial charge in [-0.2, -0.15) is 0 Å². The van der Waals surface area contributed by atoms with E-state index >= 15 is 0 Å². The summed E-state index contributed by atoms with van der Waals surface area (Å²) >= 11 is 0. The summed E-state index contributed by atoms with van der Waals surface area (Å²) in [6, 6.07) is 13.0. The molecule has 0 aliphatic heterocycles. The van der Waals surface area contributed by atoms with Crippen molar-refractivity contribution in [2.45, 2.75) is 20.3 Å². The first-order valence-electron chi connectivity index (χ1n) is 7.39. The van der Waals surface area contributed by atoms with Gasteiger partial charge in [-0.1, -0.05) is 19.1 Å². The first-order chi connectivity index (χ1) is 10.7. The summed E-state index contributed by atoms with van der Waals surface area (Å²) < 4.78 is 10.7. The van der Waals surface area contributed by atoms with Crippen LogP contribution in [-0.4, -0.2) is 19.6 Å². The third kappa shape index (κ3) is 3.79. The molecule has 116 valence electrons. The van der Waals surface area contributed by atoms with Crippen LogP contribution < -0.4 is 14.8 Å². The fourth-order valence-corrected chi connectivity index (χ4v) is 2.11. The maximum Gasteiger partial charge on any atom is 0.255 e. The van der Waals surface area contributed by atoms with Crippen molar-refractivity contribution < 1.29 is 14.3 Å². The SMILES string of the molecule is CCOc1ccc(C(=O)Nc2ccc(CC)cc2)cc1OC. The quantitative estimate of drug-likeness (QED) is 0.879. The predicted octanol–water partition coefficient (Wildman–Crippen LogP) is 3.91. The minimum absolute atomic E-state index is 0.175. The maximum absolute atomic E-state index is 12.3. The summed E-state index contributed by atoms with van der Waals surface area (Å²) in [5.41, 5.74) is 2.54. The summed E-state index contributed by atoms with van der Waals surface area (Å²) in [5.74, 6) is 1.01. The number of hydrogen-bond donors (Lipinski definition) is 1. The second kappa shape index (κ2) is 7.50. The molecule has 0 radical (unpaired) electrons. The van der Waals surface area contributed by atoms with Gasteiger partial charge in [-0.3, -0.25) is 4.79 Å². The van der Waals surface area contributed by atoms with Gasteiger partial charge in [-0.25, -0.2) is 0 Å². The molecule has 0 bridgehead atoms. The van der Waals surface area contributed by atoms with E-state index in [2.05, 4.69) is 12.2 Å². The lowest BCUT2D eigenvalue weighted by Gasteiger charge is -2.11. The van der Waals surface area contributed by atoms with E-state index < -0.39 is 0 Å². The third-order valence-electron chi connectivity index (χ3n) is 3.35. The number of nitrogens with one attached hydrogen (secondary N) is 1. The molecule has 0 aliphatic rings. The van der Waals surface area contributed by atoms with Gasteiger partial charge in [-0.05, 0) is 49.2 Å². The Kier molecular flexibility index (Phi) is 5.42. The topological polar surface area (TPSA) is 47.6 Å². The van der Waals surface area contributed by atoms with E-state index in [4.69, 9.17) is 9.47 Å². The maximum atomic E-state index is 12.3. The molecule has 1 amide bonds. The predicted molar refractivity (Wildman–Crippen MR) is 87.9 cm³/mol. The molecule has 0 atom stereocenters. The molecule has 0 aliphatic carbocycles. The van der Waals surface area contributed by atoms with Crippen molar-refractivity contribution in [1.82, 2.24) is 0 Å². The Labute approximate surface area is 131 Å². The highest BCUT2D eigenvalue weighted by Gasteiger charge is 2.11. The van der Waals surface area contributed by atoms with Gasteiger partial charge in [0, 0.05) is 11.3 Å².